The molecule has 7 nitrogen and oxygen atoms in total. The van der Waals surface area contributed by atoms with Gasteiger partial charge in [0.25, 0.3) is 6.01 Å². The van der Waals surface area contributed by atoms with Crippen molar-refractivity contribution in [1.29, 1.82) is 0 Å². The van der Waals surface area contributed by atoms with Crippen LogP contribution in [-0.2, 0) is 6.54 Å². The van der Waals surface area contributed by atoms with Gasteiger partial charge in [-0.1, -0.05) is 5.16 Å². The van der Waals surface area contributed by atoms with Gasteiger partial charge in [0.2, 0.25) is 5.89 Å². The van der Waals surface area contributed by atoms with E-state index in [2.05, 4.69) is 32.0 Å². The molecule has 1 saturated heterocycles. The van der Waals surface area contributed by atoms with Crippen molar-refractivity contribution in [1.82, 2.24) is 20.0 Å². The first-order chi connectivity index (χ1) is 12.6. The zero-order chi connectivity index (χ0) is 18.1. The third-order valence-electron chi connectivity index (χ3n) is 4.89. The average molecular weight is 359 g/mol. The summed E-state index contributed by atoms with van der Waals surface area (Å²) < 4.78 is 24.2. The Morgan fingerprint density at radius 2 is 2.15 bits per heavy atom. The van der Waals surface area contributed by atoms with Gasteiger partial charge < -0.3 is 13.8 Å². The lowest BCUT2D eigenvalue weighted by Gasteiger charge is -2.25. The van der Waals surface area contributed by atoms with Gasteiger partial charge in [-0.2, -0.15) is 9.97 Å². The molecular weight excluding hydrogens is 337 g/mol. The second-order valence-corrected chi connectivity index (χ2v) is 6.82. The lowest BCUT2D eigenvalue weighted by atomic mass is 10.1. The van der Waals surface area contributed by atoms with Crippen LogP contribution in [0.15, 0.2) is 27.1 Å². The molecule has 0 amide bonds. The van der Waals surface area contributed by atoms with Crippen molar-refractivity contribution in [3.63, 3.8) is 0 Å². The summed E-state index contributed by atoms with van der Waals surface area (Å²) in [6, 6.07) is 5.43. The van der Waals surface area contributed by atoms with E-state index < -0.39 is 0 Å². The zero-order valence-corrected chi connectivity index (χ0v) is 15.0. The maximum absolute atomic E-state index is 13.4. The summed E-state index contributed by atoms with van der Waals surface area (Å²) in [4.78, 5) is 13.1. The highest BCUT2D eigenvalue weighted by molar-refractivity contribution is 5.74. The Hall–Kier alpha value is -2.48. The molecule has 0 spiro atoms. The van der Waals surface area contributed by atoms with Crippen molar-refractivity contribution in [3.8, 4) is 0 Å². The quantitative estimate of drug-likeness (QED) is 0.708. The number of halogens is 1. The Balaban J connectivity index is 1.42. The number of hydrogen-bond donors (Lipinski definition) is 0. The van der Waals surface area contributed by atoms with Gasteiger partial charge in [0.05, 0.1) is 6.54 Å². The minimum Gasteiger partial charge on any atom is -0.423 e. The number of aryl methyl sites for hydroxylation is 1. The Morgan fingerprint density at radius 1 is 1.27 bits per heavy atom. The molecule has 1 aliphatic heterocycles. The standard InChI is InChI=1S/C18H22FN5O2/c1-12-20-17(22-26-12)11-23(2)14-4-3-8-24(9-7-14)18-21-15-10-13(19)5-6-16(15)25-18/h5-6,10,14H,3-4,7-9,11H2,1-2H3/t14-/m0/s1. The molecule has 0 radical (unpaired) electrons. The first-order valence-corrected chi connectivity index (χ1v) is 8.89. The highest BCUT2D eigenvalue weighted by Crippen LogP contribution is 2.26. The zero-order valence-electron chi connectivity index (χ0n) is 15.0. The smallest absolute Gasteiger partial charge is 0.298 e. The molecule has 3 heterocycles. The number of oxazole rings is 1. The number of hydrogen-bond acceptors (Lipinski definition) is 7. The van der Waals surface area contributed by atoms with Gasteiger partial charge in [-0.25, -0.2) is 4.39 Å². The molecular formula is C18H22FN5O2. The molecule has 26 heavy (non-hydrogen) atoms. The summed E-state index contributed by atoms with van der Waals surface area (Å²) in [5.74, 6) is 1.01. The fourth-order valence-corrected chi connectivity index (χ4v) is 3.49. The van der Waals surface area contributed by atoms with E-state index in [0.29, 0.717) is 41.4 Å². The van der Waals surface area contributed by atoms with Crippen LogP contribution in [0.5, 0.6) is 0 Å². The fourth-order valence-electron chi connectivity index (χ4n) is 3.49. The number of benzene rings is 1. The Morgan fingerprint density at radius 3 is 2.96 bits per heavy atom. The Bertz CT molecular complexity index is 893. The first-order valence-electron chi connectivity index (χ1n) is 8.89. The molecule has 2 aromatic heterocycles. The molecule has 0 saturated carbocycles. The van der Waals surface area contributed by atoms with E-state index in [1.165, 1.54) is 12.1 Å². The van der Waals surface area contributed by atoms with E-state index >= 15 is 0 Å². The fraction of sp³-hybridized carbons (Fsp3) is 0.500. The third-order valence-corrected chi connectivity index (χ3v) is 4.89. The molecule has 4 rings (SSSR count). The monoisotopic (exact) mass is 359 g/mol. The normalized spacial score (nSPS) is 18.6. The average Bonchev–Trinajstić information content (AvgIpc) is 3.12. The van der Waals surface area contributed by atoms with Crippen LogP contribution in [0.4, 0.5) is 10.4 Å². The van der Waals surface area contributed by atoms with Gasteiger partial charge in [-0.3, -0.25) is 4.90 Å². The molecule has 3 aromatic rings. The van der Waals surface area contributed by atoms with Crippen LogP contribution in [-0.4, -0.2) is 46.2 Å². The van der Waals surface area contributed by atoms with Gasteiger partial charge in [-0.05, 0) is 38.4 Å². The maximum Gasteiger partial charge on any atom is 0.298 e. The van der Waals surface area contributed by atoms with Crippen LogP contribution in [0.1, 0.15) is 31.0 Å². The summed E-state index contributed by atoms with van der Waals surface area (Å²) in [6.45, 7) is 4.19. The van der Waals surface area contributed by atoms with Gasteiger partial charge in [0.1, 0.15) is 11.3 Å². The van der Waals surface area contributed by atoms with Crippen molar-refractivity contribution < 1.29 is 13.3 Å². The molecule has 0 bridgehead atoms. The van der Waals surface area contributed by atoms with Gasteiger partial charge in [-0.15, -0.1) is 0 Å². The number of fused-ring (bicyclic) bond motifs is 1. The number of aromatic nitrogens is 3. The van der Waals surface area contributed by atoms with E-state index in [4.69, 9.17) is 8.94 Å². The van der Waals surface area contributed by atoms with Crippen LogP contribution in [0.2, 0.25) is 0 Å². The first kappa shape index (κ1) is 17.0. The second-order valence-electron chi connectivity index (χ2n) is 6.82. The molecule has 0 aliphatic carbocycles. The maximum atomic E-state index is 13.4. The van der Waals surface area contributed by atoms with E-state index in [-0.39, 0.29) is 5.82 Å². The number of anilines is 1. The SMILES string of the molecule is Cc1nc(CN(C)[C@H]2CCCN(c3nc4cc(F)ccc4o3)CC2)no1. The lowest BCUT2D eigenvalue weighted by molar-refractivity contribution is 0.209. The van der Waals surface area contributed by atoms with E-state index in [1.54, 1.807) is 13.0 Å². The molecule has 1 atom stereocenters. The van der Waals surface area contributed by atoms with Crippen LogP contribution in [0.3, 0.4) is 0 Å². The van der Waals surface area contributed by atoms with Crippen LogP contribution >= 0.6 is 0 Å². The molecule has 138 valence electrons. The number of nitrogens with zero attached hydrogens (tertiary/aromatic N) is 5. The highest BCUT2D eigenvalue weighted by Gasteiger charge is 2.24. The van der Waals surface area contributed by atoms with Gasteiger partial charge in [0.15, 0.2) is 11.4 Å². The minimum atomic E-state index is -0.299. The van der Waals surface area contributed by atoms with Crippen LogP contribution in [0, 0.1) is 12.7 Å². The molecule has 1 aliphatic rings. The summed E-state index contributed by atoms with van der Waals surface area (Å²) in [5, 5.41) is 3.97. The van der Waals surface area contributed by atoms with Crippen molar-refractivity contribution in [3.05, 3.63) is 35.7 Å². The number of rotatable bonds is 4. The Labute approximate surface area is 150 Å². The van der Waals surface area contributed by atoms with Crippen LogP contribution in [0.25, 0.3) is 11.1 Å². The van der Waals surface area contributed by atoms with E-state index in [1.807, 2.05) is 0 Å². The van der Waals surface area contributed by atoms with Crippen molar-refractivity contribution >= 4 is 17.1 Å². The van der Waals surface area contributed by atoms with Crippen molar-refractivity contribution in [2.24, 2.45) is 0 Å². The summed E-state index contributed by atoms with van der Waals surface area (Å²) in [6.07, 6.45) is 3.10. The lowest BCUT2D eigenvalue weighted by Crippen LogP contribution is -2.33. The van der Waals surface area contributed by atoms with E-state index in [0.717, 1.165) is 32.4 Å². The largest absolute Gasteiger partial charge is 0.423 e. The van der Waals surface area contributed by atoms with Crippen molar-refractivity contribution in [2.45, 2.75) is 38.8 Å². The predicted octanol–water partition coefficient (Wildman–Crippen LogP) is 3.15. The molecule has 0 N–H and O–H groups in total. The molecule has 8 heteroatoms. The van der Waals surface area contributed by atoms with Gasteiger partial charge >= 0.3 is 0 Å². The van der Waals surface area contributed by atoms with E-state index in [9.17, 15) is 4.39 Å². The molecule has 1 aromatic carbocycles. The molecule has 0 unspecified atom stereocenters. The predicted molar refractivity (Wildman–Crippen MR) is 94.3 cm³/mol. The van der Waals surface area contributed by atoms with Crippen molar-refractivity contribution in [2.75, 3.05) is 25.0 Å². The van der Waals surface area contributed by atoms with Gasteiger partial charge in [0, 0.05) is 32.1 Å². The highest BCUT2D eigenvalue weighted by atomic mass is 19.1. The summed E-state index contributed by atoms with van der Waals surface area (Å²) in [7, 11) is 2.09. The minimum absolute atomic E-state index is 0.299. The topological polar surface area (TPSA) is 71.4 Å². The van der Waals surface area contributed by atoms with Crippen LogP contribution < -0.4 is 4.90 Å². The Kier molecular flexibility index (Phi) is 4.58. The summed E-state index contributed by atoms with van der Waals surface area (Å²) in [5.41, 5.74) is 1.18. The third kappa shape index (κ3) is 3.55. The second kappa shape index (κ2) is 7.03. The molecule has 1 fully saturated rings. The summed E-state index contributed by atoms with van der Waals surface area (Å²) >= 11 is 0.